The predicted molar refractivity (Wildman–Crippen MR) is 58.8 cm³/mol. The van der Waals surface area contributed by atoms with Crippen molar-refractivity contribution in [2.45, 2.75) is 18.9 Å². The molecule has 4 heteroatoms. The van der Waals surface area contributed by atoms with Crippen LogP contribution in [0.4, 0.5) is 5.82 Å². The molecule has 1 saturated heterocycles. The van der Waals surface area contributed by atoms with Gasteiger partial charge >= 0.3 is 0 Å². The molecule has 2 heterocycles. The van der Waals surface area contributed by atoms with Crippen LogP contribution >= 0.6 is 11.6 Å². The van der Waals surface area contributed by atoms with E-state index in [1.807, 2.05) is 12.1 Å². The fourth-order valence-electron chi connectivity index (χ4n) is 1.67. The second-order valence-corrected chi connectivity index (χ2v) is 3.92. The number of halogens is 1. The monoisotopic (exact) mass is 211 g/mol. The van der Waals surface area contributed by atoms with Gasteiger partial charge in [-0.25, -0.2) is 4.98 Å². The van der Waals surface area contributed by atoms with Crippen molar-refractivity contribution in [3.63, 3.8) is 0 Å². The minimum absolute atomic E-state index is 0.563. The summed E-state index contributed by atoms with van der Waals surface area (Å²) in [6, 6.07) is 4.24. The van der Waals surface area contributed by atoms with E-state index in [1.54, 1.807) is 6.20 Å². The Morgan fingerprint density at radius 2 is 2.57 bits per heavy atom. The summed E-state index contributed by atoms with van der Waals surface area (Å²) in [5.74, 6) is 0.780. The summed E-state index contributed by atoms with van der Waals surface area (Å²) in [6.07, 6.45) is 4.25. The van der Waals surface area contributed by atoms with Gasteiger partial charge in [-0.1, -0.05) is 11.6 Å². The molecule has 0 aliphatic carbocycles. The predicted octanol–water partition coefficient (Wildman–Crippen LogP) is 1.90. The Bertz CT molecular complexity index is 297. The van der Waals surface area contributed by atoms with Gasteiger partial charge in [0.25, 0.3) is 0 Å². The lowest BCUT2D eigenvalue weighted by Crippen LogP contribution is -2.29. The maximum absolute atomic E-state index is 5.96. The van der Waals surface area contributed by atoms with Gasteiger partial charge in [-0.3, -0.25) is 0 Å². The van der Waals surface area contributed by atoms with Gasteiger partial charge in [0, 0.05) is 18.8 Å². The molecule has 1 atom stereocenters. The molecular formula is C10H14ClN3. The molecule has 1 unspecified atom stereocenters. The average Bonchev–Trinajstić information content (AvgIpc) is 2.69. The largest absolute Gasteiger partial charge is 0.367 e. The highest BCUT2D eigenvalue weighted by Crippen LogP contribution is 2.17. The summed E-state index contributed by atoms with van der Waals surface area (Å²) >= 11 is 5.96. The highest BCUT2D eigenvalue weighted by molar-refractivity contribution is 6.32. The molecule has 1 aromatic rings. The van der Waals surface area contributed by atoms with Crippen molar-refractivity contribution in [3.8, 4) is 0 Å². The third-order valence-corrected chi connectivity index (χ3v) is 2.74. The van der Waals surface area contributed by atoms with Crippen LogP contribution in [-0.2, 0) is 0 Å². The Morgan fingerprint density at radius 1 is 1.64 bits per heavy atom. The summed E-state index contributed by atoms with van der Waals surface area (Å²) in [5.41, 5.74) is 0. The maximum Gasteiger partial charge on any atom is 0.144 e. The number of hydrogen-bond donors (Lipinski definition) is 2. The van der Waals surface area contributed by atoms with Crippen LogP contribution in [0.2, 0.25) is 5.02 Å². The topological polar surface area (TPSA) is 37.0 Å². The highest BCUT2D eigenvalue weighted by atomic mass is 35.5. The molecule has 1 aromatic heterocycles. The number of hydrogen-bond acceptors (Lipinski definition) is 3. The maximum atomic E-state index is 5.96. The smallest absolute Gasteiger partial charge is 0.144 e. The molecule has 0 radical (unpaired) electrons. The number of anilines is 1. The van der Waals surface area contributed by atoms with E-state index in [-0.39, 0.29) is 0 Å². The second kappa shape index (κ2) is 4.62. The van der Waals surface area contributed by atoms with Gasteiger partial charge in [-0.05, 0) is 31.5 Å². The van der Waals surface area contributed by atoms with E-state index in [9.17, 15) is 0 Å². The minimum atomic E-state index is 0.563. The first-order valence-corrected chi connectivity index (χ1v) is 5.32. The van der Waals surface area contributed by atoms with E-state index in [0.717, 1.165) is 18.9 Å². The molecule has 0 amide bonds. The van der Waals surface area contributed by atoms with Crippen molar-refractivity contribution in [2.24, 2.45) is 0 Å². The summed E-state index contributed by atoms with van der Waals surface area (Å²) in [7, 11) is 0. The van der Waals surface area contributed by atoms with E-state index < -0.39 is 0 Å². The molecule has 2 rings (SSSR count). The van der Waals surface area contributed by atoms with Crippen LogP contribution in [-0.4, -0.2) is 24.1 Å². The first-order chi connectivity index (χ1) is 6.86. The molecule has 1 aliphatic rings. The number of rotatable bonds is 3. The molecule has 2 N–H and O–H groups in total. The van der Waals surface area contributed by atoms with Gasteiger partial charge in [0.05, 0.1) is 5.02 Å². The van der Waals surface area contributed by atoms with Crippen molar-refractivity contribution in [1.29, 1.82) is 0 Å². The molecule has 0 saturated carbocycles. The molecule has 1 aliphatic heterocycles. The van der Waals surface area contributed by atoms with E-state index >= 15 is 0 Å². The SMILES string of the molecule is Clc1cccnc1NCC1CCCN1. The molecular weight excluding hydrogens is 198 g/mol. The molecule has 1 fully saturated rings. The van der Waals surface area contributed by atoms with Crippen LogP contribution < -0.4 is 10.6 Å². The van der Waals surface area contributed by atoms with Gasteiger partial charge in [0.2, 0.25) is 0 Å². The van der Waals surface area contributed by atoms with Crippen LogP contribution in [0.5, 0.6) is 0 Å². The molecule has 76 valence electrons. The summed E-state index contributed by atoms with van der Waals surface area (Å²) in [6.45, 7) is 2.03. The van der Waals surface area contributed by atoms with Crippen LogP contribution in [0.25, 0.3) is 0 Å². The van der Waals surface area contributed by atoms with Crippen LogP contribution in [0.15, 0.2) is 18.3 Å². The van der Waals surface area contributed by atoms with Crippen LogP contribution in [0.1, 0.15) is 12.8 Å². The summed E-state index contributed by atoms with van der Waals surface area (Å²) in [4.78, 5) is 4.17. The van der Waals surface area contributed by atoms with Crippen LogP contribution in [0.3, 0.4) is 0 Å². The molecule has 0 bridgehead atoms. The van der Waals surface area contributed by atoms with Crippen molar-refractivity contribution in [2.75, 3.05) is 18.4 Å². The first-order valence-electron chi connectivity index (χ1n) is 4.94. The van der Waals surface area contributed by atoms with Gasteiger partial charge in [-0.15, -0.1) is 0 Å². The van der Waals surface area contributed by atoms with Crippen molar-refractivity contribution in [1.82, 2.24) is 10.3 Å². The normalized spacial score (nSPS) is 21.1. The van der Waals surface area contributed by atoms with Crippen LogP contribution in [0, 0.1) is 0 Å². The number of nitrogens with one attached hydrogen (secondary N) is 2. The number of nitrogens with zero attached hydrogens (tertiary/aromatic N) is 1. The Kier molecular flexibility index (Phi) is 3.22. The quantitative estimate of drug-likeness (QED) is 0.802. The average molecular weight is 212 g/mol. The lowest BCUT2D eigenvalue weighted by atomic mass is 10.2. The number of aromatic nitrogens is 1. The van der Waals surface area contributed by atoms with Crippen molar-refractivity contribution in [3.05, 3.63) is 23.4 Å². The fourth-order valence-corrected chi connectivity index (χ4v) is 1.85. The standard InChI is InChI=1S/C10H14ClN3/c11-9-4-2-6-13-10(9)14-7-8-3-1-5-12-8/h2,4,6,8,12H,1,3,5,7H2,(H,13,14). The van der Waals surface area contributed by atoms with Gasteiger partial charge < -0.3 is 10.6 Å². The van der Waals surface area contributed by atoms with Crippen molar-refractivity contribution < 1.29 is 0 Å². The Balaban J connectivity index is 1.88. The third kappa shape index (κ3) is 2.36. The Hall–Kier alpha value is -0.800. The molecule has 3 nitrogen and oxygen atoms in total. The molecule has 0 spiro atoms. The lowest BCUT2D eigenvalue weighted by molar-refractivity contribution is 0.632. The minimum Gasteiger partial charge on any atom is -0.367 e. The van der Waals surface area contributed by atoms with Gasteiger partial charge in [0.15, 0.2) is 0 Å². The number of pyridine rings is 1. The lowest BCUT2D eigenvalue weighted by Gasteiger charge is -2.12. The van der Waals surface area contributed by atoms with Gasteiger partial charge in [0.1, 0.15) is 5.82 Å². The Morgan fingerprint density at radius 3 is 3.29 bits per heavy atom. The van der Waals surface area contributed by atoms with Gasteiger partial charge in [-0.2, -0.15) is 0 Å². The zero-order valence-electron chi connectivity index (χ0n) is 7.96. The molecule has 14 heavy (non-hydrogen) atoms. The van der Waals surface area contributed by atoms with E-state index in [0.29, 0.717) is 11.1 Å². The summed E-state index contributed by atoms with van der Waals surface area (Å²) in [5, 5.41) is 7.35. The van der Waals surface area contributed by atoms with E-state index in [2.05, 4.69) is 15.6 Å². The first kappa shape index (κ1) is 9.74. The van der Waals surface area contributed by atoms with Crippen molar-refractivity contribution >= 4 is 17.4 Å². The third-order valence-electron chi connectivity index (χ3n) is 2.44. The fraction of sp³-hybridized carbons (Fsp3) is 0.500. The van der Waals surface area contributed by atoms with E-state index in [1.165, 1.54) is 12.8 Å². The second-order valence-electron chi connectivity index (χ2n) is 3.51. The zero-order valence-corrected chi connectivity index (χ0v) is 8.72. The Labute approximate surface area is 88.9 Å². The zero-order chi connectivity index (χ0) is 9.80. The molecule has 0 aromatic carbocycles. The highest BCUT2D eigenvalue weighted by Gasteiger charge is 2.13. The van der Waals surface area contributed by atoms with E-state index in [4.69, 9.17) is 11.6 Å². The summed E-state index contributed by atoms with van der Waals surface area (Å²) < 4.78 is 0.